The van der Waals surface area contributed by atoms with Gasteiger partial charge in [0, 0.05) is 5.92 Å². The number of hydrogen-bond donors (Lipinski definition) is 1. The summed E-state index contributed by atoms with van der Waals surface area (Å²) < 4.78 is 5.86. The smallest absolute Gasteiger partial charge is 0.157 e. The number of ether oxygens (including phenoxy) is 1. The summed E-state index contributed by atoms with van der Waals surface area (Å²) in [5.41, 5.74) is 1.14. The Kier molecular flexibility index (Phi) is 17.3. The van der Waals surface area contributed by atoms with Crippen LogP contribution >= 0.6 is 0 Å². The molecule has 168 valence electrons. The van der Waals surface area contributed by atoms with Gasteiger partial charge in [0.1, 0.15) is 0 Å². The number of benzene rings is 1. The molecule has 0 aliphatic heterocycles. The molecule has 1 rings (SSSR count). The first-order valence-corrected chi connectivity index (χ1v) is 12.6. The van der Waals surface area contributed by atoms with Crippen molar-refractivity contribution in [1.29, 1.82) is 0 Å². The van der Waals surface area contributed by atoms with E-state index in [9.17, 15) is 5.11 Å². The number of rotatable bonds is 20. The van der Waals surface area contributed by atoms with Gasteiger partial charge < -0.3 is 9.84 Å². The van der Waals surface area contributed by atoms with E-state index < -0.39 is 6.29 Å². The molecule has 1 N–H and O–H groups in total. The van der Waals surface area contributed by atoms with Crippen molar-refractivity contribution >= 4 is 0 Å². The minimum absolute atomic E-state index is 0.282. The number of aliphatic hydroxyl groups excluding tert-OH is 1. The van der Waals surface area contributed by atoms with Crippen LogP contribution in [0.3, 0.4) is 0 Å². The van der Waals surface area contributed by atoms with Crippen LogP contribution in [0.4, 0.5) is 0 Å². The second-order valence-corrected chi connectivity index (χ2v) is 8.77. The van der Waals surface area contributed by atoms with Crippen molar-refractivity contribution in [3.8, 4) is 0 Å². The highest BCUT2D eigenvalue weighted by Crippen LogP contribution is 2.24. The van der Waals surface area contributed by atoms with Crippen LogP contribution in [0, 0.1) is 5.92 Å². The SMILES string of the molecule is CCCCCCCCCCC(CCCCCCCC)C(O)OCc1ccccc1. The van der Waals surface area contributed by atoms with Crippen LogP contribution in [-0.4, -0.2) is 11.4 Å². The lowest BCUT2D eigenvalue weighted by Crippen LogP contribution is -2.24. The maximum Gasteiger partial charge on any atom is 0.157 e. The lowest BCUT2D eigenvalue weighted by Gasteiger charge is -2.23. The van der Waals surface area contributed by atoms with Crippen molar-refractivity contribution in [2.24, 2.45) is 5.92 Å². The summed E-state index contributed by atoms with van der Waals surface area (Å²) in [5.74, 6) is 0.282. The van der Waals surface area contributed by atoms with Gasteiger partial charge in [-0.1, -0.05) is 134 Å². The monoisotopic (exact) mass is 404 g/mol. The topological polar surface area (TPSA) is 29.5 Å². The van der Waals surface area contributed by atoms with Crippen molar-refractivity contribution < 1.29 is 9.84 Å². The van der Waals surface area contributed by atoms with E-state index in [1.807, 2.05) is 18.2 Å². The van der Waals surface area contributed by atoms with E-state index in [0.29, 0.717) is 6.61 Å². The Hall–Kier alpha value is -0.860. The highest BCUT2D eigenvalue weighted by atomic mass is 16.6. The summed E-state index contributed by atoms with van der Waals surface area (Å²) in [6.45, 7) is 5.04. The zero-order valence-electron chi connectivity index (χ0n) is 19.4. The Morgan fingerprint density at radius 2 is 1.10 bits per heavy atom. The molecule has 0 spiro atoms. The van der Waals surface area contributed by atoms with E-state index in [1.165, 1.54) is 89.9 Å². The molecular formula is C27H48O2. The first-order valence-electron chi connectivity index (χ1n) is 12.6. The average Bonchev–Trinajstić information content (AvgIpc) is 2.75. The van der Waals surface area contributed by atoms with E-state index in [-0.39, 0.29) is 5.92 Å². The van der Waals surface area contributed by atoms with E-state index in [4.69, 9.17) is 4.74 Å². The summed E-state index contributed by atoms with van der Waals surface area (Å²) in [6, 6.07) is 10.2. The van der Waals surface area contributed by atoms with Crippen molar-refractivity contribution in [3.05, 3.63) is 35.9 Å². The fourth-order valence-electron chi connectivity index (χ4n) is 4.05. The van der Waals surface area contributed by atoms with Gasteiger partial charge in [-0.25, -0.2) is 0 Å². The van der Waals surface area contributed by atoms with Crippen LogP contribution in [0.1, 0.15) is 122 Å². The van der Waals surface area contributed by atoms with E-state index in [1.54, 1.807) is 0 Å². The van der Waals surface area contributed by atoms with Gasteiger partial charge in [-0.3, -0.25) is 0 Å². The molecule has 2 heteroatoms. The third-order valence-corrected chi connectivity index (χ3v) is 6.02. The molecule has 1 aromatic rings. The molecule has 0 amide bonds. The predicted molar refractivity (Wildman–Crippen MR) is 126 cm³/mol. The molecule has 29 heavy (non-hydrogen) atoms. The molecule has 0 bridgehead atoms. The first-order chi connectivity index (χ1) is 14.3. The van der Waals surface area contributed by atoms with Crippen LogP contribution in [0.25, 0.3) is 0 Å². The average molecular weight is 405 g/mol. The van der Waals surface area contributed by atoms with Crippen molar-refractivity contribution in [2.45, 2.75) is 129 Å². The Labute approximate surface area is 181 Å². The minimum Gasteiger partial charge on any atom is -0.368 e. The highest BCUT2D eigenvalue weighted by Gasteiger charge is 2.19. The molecular weight excluding hydrogens is 356 g/mol. The zero-order valence-corrected chi connectivity index (χ0v) is 19.4. The highest BCUT2D eigenvalue weighted by molar-refractivity contribution is 5.13. The summed E-state index contributed by atoms with van der Waals surface area (Å²) >= 11 is 0. The molecule has 0 aliphatic rings. The largest absolute Gasteiger partial charge is 0.368 e. The molecule has 0 aliphatic carbocycles. The lowest BCUT2D eigenvalue weighted by atomic mass is 9.93. The fourth-order valence-corrected chi connectivity index (χ4v) is 4.05. The summed E-state index contributed by atoms with van der Waals surface area (Å²) in [7, 11) is 0. The molecule has 0 radical (unpaired) electrons. The third-order valence-electron chi connectivity index (χ3n) is 6.02. The number of unbranched alkanes of at least 4 members (excludes halogenated alkanes) is 12. The molecule has 1 aromatic carbocycles. The molecule has 0 fully saturated rings. The van der Waals surface area contributed by atoms with Crippen LogP contribution in [0.5, 0.6) is 0 Å². The summed E-state index contributed by atoms with van der Waals surface area (Å²) in [6.07, 6.45) is 20.1. The lowest BCUT2D eigenvalue weighted by molar-refractivity contribution is -0.145. The Balaban J connectivity index is 2.29. The van der Waals surface area contributed by atoms with Gasteiger partial charge in [-0.15, -0.1) is 0 Å². The van der Waals surface area contributed by atoms with E-state index in [2.05, 4.69) is 26.0 Å². The molecule has 2 atom stereocenters. The standard InChI is InChI=1S/C27H48O2/c1-3-5-7-9-11-12-14-19-23-26(22-18-13-10-8-6-4-2)27(28)29-24-25-20-16-15-17-21-25/h15-17,20-21,26-28H,3-14,18-19,22-24H2,1-2H3. The van der Waals surface area contributed by atoms with E-state index >= 15 is 0 Å². The van der Waals surface area contributed by atoms with Crippen LogP contribution in [0.15, 0.2) is 30.3 Å². The summed E-state index contributed by atoms with van der Waals surface area (Å²) in [5, 5.41) is 10.7. The van der Waals surface area contributed by atoms with Crippen molar-refractivity contribution in [2.75, 3.05) is 0 Å². The predicted octanol–water partition coefficient (Wildman–Crippen LogP) is 8.42. The van der Waals surface area contributed by atoms with Gasteiger partial charge >= 0.3 is 0 Å². The van der Waals surface area contributed by atoms with Gasteiger partial charge in [-0.2, -0.15) is 0 Å². The molecule has 2 unspecified atom stereocenters. The van der Waals surface area contributed by atoms with Gasteiger partial charge in [0.25, 0.3) is 0 Å². The fraction of sp³-hybridized carbons (Fsp3) is 0.778. The Morgan fingerprint density at radius 1 is 0.655 bits per heavy atom. The van der Waals surface area contributed by atoms with Crippen molar-refractivity contribution in [1.82, 2.24) is 0 Å². The molecule has 0 saturated carbocycles. The quantitative estimate of drug-likeness (QED) is 0.174. The van der Waals surface area contributed by atoms with Gasteiger partial charge in [0.2, 0.25) is 0 Å². The zero-order chi connectivity index (χ0) is 21.0. The second-order valence-electron chi connectivity index (χ2n) is 8.77. The Bertz CT molecular complexity index is 445. The minimum atomic E-state index is -0.629. The number of hydrogen-bond acceptors (Lipinski definition) is 2. The normalized spacial score (nSPS) is 13.5. The maximum atomic E-state index is 10.7. The molecule has 0 heterocycles. The molecule has 2 nitrogen and oxygen atoms in total. The Morgan fingerprint density at radius 3 is 1.59 bits per heavy atom. The summed E-state index contributed by atoms with van der Waals surface area (Å²) in [4.78, 5) is 0. The van der Waals surface area contributed by atoms with Gasteiger partial charge in [0.15, 0.2) is 6.29 Å². The first kappa shape index (κ1) is 26.2. The molecule has 0 saturated heterocycles. The number of aliphatic hydroxyl groups is 1. The van der Waals surface area contributed by atoms with Gasteiger partial charge in [0.05, 0.1) is 6.61 Å². The van der Waals surface area contributed by atoms with Crippen LogP contribution in [0.2, 0.25) is 0 Å². The second kappa shape index (κ2) is 19.1. The van der Waals surface area contributed by atoms with Gasteiger partial charge in [-0.05, 0) is 18.4 Å². The van der Waals surface area contributed by atoms with Crippen LogP contribution < -0.4 is 0 Å². The molecule has 0 aromatic heterocycles. The third kappa shape index (κ3) is 14.7. The van der Waals surface area contributed by atoms with Crippen LogP contribution in [-0.2, 0) is 11.3 Å². The van der Waals surface area contributed by atoms with Crippen molar-refractivity contribution in [3.63, 3.8) is 0 Å². The van der Waals surface area contributed by atoms with E-state index in [0.717, 1.165) is 18.4 Å². The maximum absolute atomic E-state index is 10.7.